The molecule has 120 valence electrons. The fraction of sp³-hybridized carbons (Fsp3) is 0.111. The molecule has 4 rings (SSSR count). The minimum atomic E-state index is -0.399. The highest BCUT2D eigenvalue weighted by Crippen LogP contribution is 2.35. The van der Waals surface area contributed by atoms with Crippen molar-refractivity contribution in [2.75, 3.05) is 7.11 Å². The summed E-state index contributed by atoms with van der Waals surface area (Å²) in [5, 5.41) is 13.5. The third kappa shape index (κ3) is 2.04. The summed E-state index contributed by atoms with van der Waals surface area (Å²) in [7, 11) is 1.34. The van der Waals surface area contributed by atoms with Gasteiger partial charge in [-0.05, 0) is 36.4 Å². The van der Waals surface area contributed by atoms with Crippen molar-refractivity contribution in [1.82, 2.24) is 10.3 Å². The SMILES string of the molecule is COC(=O)c1ccc2[nH]c(-c3ccc(O)c4c3C(=O)NC4)cc2c1. The molecule has 3 aromatic rings. The van der Waals surface area contributed by atoms with Crippen LogP contribution in [-0.4, -0.2) is 29.1 Å². The van der Waals surface area contributed by atoms with Crippen LogP contribution in [-0.2, 0) is 11.3 Å². The smallest absolute Gasteiger partial charge is 0.337 e. The zero-order valence-electron chi connectivity index (χ0n) is 12.8. The maximum atomic E-state index is 12.1. The van der Waals surface area contributed by atoms with Gasteiger partial charge in [-0.25, -0.2) is 4.79 Å². The van der Waals surface area contributed by atoms with Gasteiger partial charge < -0.3 is 20.1 Å². The number of benzene rings is 2. The number of carbonyl (C=O) groups is 2. The van der Waals surface area contributed by atoms with Gasteiger partial charge in [0.25, 0.3) is 5.91 Å². The average molecular weight is 322 g/mol. The Morgan fingerprint density at radius 1 is 1.21 bits per heavy atom. The van der Waals surface area contributed by atoms with E-state index >= 15 is 0 Å². The van der Waals surface area contributed by atoms with Crippen molar-refractivity contribution in [3.63, 3.8) is 0 Å². The second-order valence-electron chi connectivity index (χ2n) is 5.65. The Balaban J connectivity index is 1.88. The number of carbonyl (C=O) groups excluding carboxylic acids is 2. The second kappa shape index (κ2) is 5.13. The Morgan fingerprint density at radius 2 is 2.04 bits per heavy atom. The van der Waals surface area contributed by atoms with E-state index in [9.17, 15) is 14.7 Å². The molecule has 2 aromatic carbocycles. The van der Waals surface area contributed by atoms with Crippen LogP contribution in [0, 0.1) is 0 Å². The molecule has 6 heteroatoms. The van der Waals surface area contributed by atoms with Crippen molar-refractivity contribution in [2.45, 2.75) is 6.54 Å². The number of rotatable bonds is 2. The van der Waals surface area contributed by atoms with Crippen LogP contribution in [0.15, 0.2) is 36.4 Å². The molecule has 0 radical (unpaired) electrons. The molecule has 1 aromatic heterocycles. The van der Waals surface area contributed by atoms with Crippen molar-refractivity contribution in [3.8, 4) is 17.0 Å². The number of aromatic nitrogens is 1. The number of methoxy groups -OCH3 is 1. The first kappa shape index (κ1) is 14.3. The maximum absolute atomic E-state index is 12.1. The van der Waals surface area contributed by atoms with Gasteiger partial charge in [-0.1, -0.05) is 0 Å². The number of ether oxygens (including phenoxy) is 1. The van der Waals surface area contributed by atoms with E-state index < -0.39 is 5.97 Å². The molecule has 0 unspecified atom stereocenters. The predicted octanol–water partition coefficient (Wildman–Crippen LogP) is 2.57. The lowest BCUT2D eigenvalue weighted by Gasteiger charge is -2.06. The van der Waals surface area contributed by atoms with E-state index in [2.05, 4.69) is 10.3 Å². The molecule has 0 aliphatic carbocycles. The zero-order valence-corrected chi connectivity index (χ0v) is 12.8. The molecular formula is C18H14N2O4. The van der Waals surface area contributed by atoms with E-state index in [0.29, 0.717) is 28.8 Å². The Bertz CT molecular complexity index is 1000. The summed E-state index contributed by atoms with van der Waals surface area (Å²) in [6.07, 6.45) is 0. The number of nitrogens with one attached hydrogen (secondary N) is 2. The summed E-state index contributed by atoms with van der Waals surface area (Å²) in [4.78, 5) is 27.0. The molecule has 1 amide bonds. The topological polar surface area (TPSA) is 91.4 Å². The summed E-state index contributed by atoms with van der Waals surface area (Å²) in [5.41, 5.74) is 3.86. The molecule has 0 atom stereocenters. The number of aromatic hydroxyl groups is 1. The normalized spacial score (nSPS) is 13.0. The Hall–Kier alpha value is -3.28. The van der Waals surface area contributed by atoms with Gasteiger partial charge in [0.05, 0.1) is 18.2 Å². The van der Waals surface area contributed by atoms with Crippen molar-refractivity contribution in [3.05, 3.63) is 53.1 Å². The van der Waals surface area contributed by atoms with Gasteiger partial charge >= 0.3 is 5.97 Å². The molecule has 3 N–H and O–H groups in total. The third-order valence-corrected chi connectivity index (χ3v) is 4.27. The van der Waals surface area contributed by atoms with Crippen molar-refractivity contribution < 1.29 is 19.4 Å². The molecule has 6 nitrogen and oxygen atoms in total. The molecule has 0 saturated heterocycles. The van der Waals surface area contributed by atoms with Gasteiger partial charge in [0.2, 0.25) is 0 Å². The number of phenolic OH excluding ortho intramolecular Hbond substituents is 1. The van der Waals surface area contributed by atoms with Gasteiger partial charge in [-0.2, -0.15) is 0 Å². The van der Waals surface area contributed by atoms with Crippen LogP contribution in [0.1, 0.15) is 26.3 Å². The number of aromatic amines is 1. The Labute approximate surface area is 137 Å². The van der Waals surface area contributed by atoms with Crippen LogP contribution < -0.4 is 5.32 Å². The number of fused-ring (bicyclic) bond motifs is 2. The first-order chi connectivity index (χ1) is 11.6. The molecule has 1 aliphatic heterocycles. The highest BCUT2D eigenvalue weighted by molar-refractivity contribution is 6.06. The van der Waals surface area contributed by atoms with Crippen molar-refractivity contribution in [2.24, 2.45) is 0 Å². The highest BCUT2D eigenvalue weighted by atomic mass is 16.5. The largest absolute Gasteiger partial charge is 0.508 e. The Morgan fingerprint density at radius 3 is 2.83 bits per heavy atom. The lowest BCUT2D eigenvalue weighted by molar-refractivity contribution is 0.0600. The summed E-state index contributed by atoms with van der Waals surface area (Å²) >= 11 is 0. The second-order valence-corrected chi connectivity index (χ2v) is 5.65. The zero-order chi connectivity index (χ0) is 16.8. The number of hydrogen-bond acceptors (Lipinski definition) is 4. The van der Waals surface area contributed by atoms with Crippen LogP contribution in [0.2, 0.25) is 0 Å². The summed E-state index contributed by atoms with van der Waals surface area (Å²) in [6.45, 7) is 0.320. The quantitative estimate of drug-likeness (QED) is 0.632. The number of phenols is 1. The third-order valence-electron chi connectivity index (χ3n) is 4.27. The van der Waals surface area contributed by atoms with E-state index in [1.54, 1.807) is 30.3 Å². The summed E-state index contributed by atoms with van der Waals surface area (Å²) < 4.78 is 4.73. The minimum absolute atomic E-state index is 0.108. The van der Waals surface area contributed by atoms with Crippen LogP contribution in [0.25, 0.3) is 22.2 Å². The van der Waals surface area contributed by atoms with E-state index in [0.717, 1.165) is 16.6 Å². The average Bonchev–Trinajstić information content (AvgIpc) is 3.18. The van der Waals surface area contributed by atoms with E-state index in [4.69, 9.17) is 4.74 Å². The number of amides is 1. The molecule has 0 bridgehead atoms. The minimum Gasteiger partial charge on any atom is -0.508 e. The Kier molecular flexibility index (Phi) is 3.06. The van der Waals surface area contributed by atoms with E-state index in [-0.39, 0.29) is 11.7 Å². The fourth-order valence-corrected chi connectivity index (χ4v) is 3.08. The standard InChI is InChI=1S/C18H14N2O4/c1-24-18(23)9-2-4-13-10(6-9)7-14(20-13)11-3-5-15(21)12-8-19-17(22)16(11)12/h2-7,20-21H,8H2,1H3,(H,19,22). The number of hydrogen-bond donors (Lipinski definition) is 3. The summed E-state index contributed by atoms with van der Waals surface area (Å²) in [5.74, 6) is -0.495. The summed E-state index contributed by atoms with van der Waals surface area (Å²) in [6, 6.07) is 10.4. The molecule has 24 heavy (non-hydrogen) atoms. The van der Waals surface area contributed by atoms with Crippen LogP contribution in [0.5, 0.6) is 5.75 Å². The van der Waals surface area contributed by atoms with Gasteiger partial charge in [0, 0.05) is 34.3 Å². The predicted molar refractivity (Wildman–Crippen MR) is 87.9 cm³/mol. The first-order valence-electron chi connectivity index (χ1n) is 7.43. The molecule has 0 spiro atoms. The number of H-pyrrole nitrogens is 1. The maximum Gasteiger partial charge on any atom is 0.337 e. The van der Waals surface area contributed by atoms with Crippen LogP contribution >= 0.6 is 0 Å². The van der Waals surface area contributed by atoms with Gasteiger partial charge in [-0.3, -0.25) is 4.79 Å². The van der Waals surface area contributed by atoms with Crippen molar-refractivity contribution >= 4 is 22.8 Å². The molecule has 1 aliphatic rings. The van der Waals surface area contributed by atoms with Gasteiger partial charge in [-0.15, -0.1) is 0 Å². The van der Waals surface area contributed by atoms with Crippen LogP contribution in [0.3, 0.4) is 0 Å². The molecule has 0 saturated carbocycles. The monoisotopic (exact) mass is 322 g/mol. The fourth-order valence-electron chi connectivity index (χ4n) is 3.08. The van der Waals surface area contributed by atoms with E-state index in [1.165, 1.54) is 7.11 Å². The lowest BCUT2D eigenvalue weighted by Crippen LogP contribution is -2.13. The molecule has 2 heterocycles. The van der Waals surface area contributed by atoms with Crippen LogP contribution in [0.4, 0.5) is 0 Å². The van der Waals surface area contributed by atoms with E-state index in [1.807, 2.05) is 6.07 Å². The molecular weight excluding hydrogens is 308 g/mol. The van der Waals surface area contributed by atoms with Crippen molar-refractivity contribution in [1.29, 1.82) is 0 Å². The van der Waals surface area contributed by atoms with Gasteiger partial charge in [0.15, 0.2) is 0 Å². The highest BCUT2D eigenvalue weighted by Gasteiger charge is 2.26. The molecule has 0 fully saturated rings. The lowest BCUT2D eigenvalue weighted by atomic mass is 9.99. The first-order valence-corrected chi connectivity index (χ1v) is 7.43. The van der Waals surface area contributed by atoms with Gasteiger partial charge in [0.1, 0.15) is 5.75 Å². The number of esters is 1.